The highest BCUT2D eigenvalue weighted by Crippen LogP contribution is 2.25. The molecule has 2 amide bonds. The number of carbonyl (C=O) groups excluding carboxylic acids is 2. The Balaban J connectivity index is 2.08. The fourth-order valence-electron chi connectivity index (χ4n) is 2.10. The summed E-state index contributed by atoms with van der Waals surface area (Å²) in [5, 5.41) is 6.05. The number of amides is 2. The number of benzene rings is 1. The second kappa shape index (κ2) is 8.46. The van der Waals surface area contributed by atoms with Gasteiger partial charge in [0, 0.05) is 16.9 Å². The van der Waals surface area contributed by atoms with Crippen molar-refractivity contribution in [2.45, 2.75) is 20.3 Å². The zero-order valence-corrected chi connectivity index (χ0v) is 15.6. The number of halogens is 2. The van der Waals surface area contributed by atoms with E-state index in [0.717, 1.165) is 11.4 Å². The first-order chi connectivity index (χ1) is 11.4. The molecule has 0 bridgehead atoms. The van der Waals surface area contributed by atoms with E-state index in [1.807, 2.05) is 13.8 Å². The molecule has 8 heteroatoms. The maximum atomic E-state index is 12.5. The van der Waals surface area contributed by atoms with Gasteiger partial charge in [0.25, 0.3) is 5.91 Å². The molecule has 128 valence electrons. The highest BCUT2D eigenvalue weighted by atomic mass is 35.5. The van der Waals surface area contributed by atoms with E-state index in [9.17, 15) is 9.59 Å². The number of hydrogen-bond donors (Lipinski definition) is 1. The first kappa shape index (κ1) is 18.7. The Kier molecular flexibility index (Phi) is 6.60. The molecule has 24 heavy (non-hydrogen) atoms. The topological polar surface area (TPSA) is 62.3 Å². The van der Waals surface area contributed by atoms with Gasteiger partial charge in [-0.2, -0.15) is 0 Å². The van der Waals surface area contributed by atoms with Crippen LogP contribution < -0.4 is 5.32 Å². The molecule has 0 unspecified atom stereocenters. The summed E-state index contributed by atoms with van der Waals surface area (Å²) in [5.74, 6) is -0.596. The molecule has 0 saturated heterocycles. The second-order valence-corrected chi connectivity index (χ2v) is 7.06. The van der Waals surface area contributed by atoms with Gasteiger partial charge in [-0.25, -0.2) is 4.98 Å². The monoisotopic (exact) mass is 385 g/mol. The maximum Gasteiger partial charge on any atom is 0.273 e. The third-order valence-electron chi connectivity index (χ3n) is 3.16. The van der Waals surface area contributed by atoms with Crippen LogP contribution in [0.1, 0.15) is 28.8 Å². The third-order valence-corrected chi connectivity index (χ3v) is 4.49. The molecule has 5 nitrogen and oxygen atoms in total. The van der Waals surface area contributed by atoms with E-state index in [1.165, 1.54) is 16.2 Å². The quantitative estimate of drug-likeness (QED) is 0.808. The summed E-state index contributed by atoms with van der Waals surface area (Å²) in [6, 6.07) is 4.81. The highest BCUT2D eigenvalue weighted by molar-refractivity contribution is 7.09. The predicted octanol–water partition coefficient (Wildman–Crippen LogP) is 4.25. The van der Waals surface area contributed by atoms with Gasteiger partial charge < -0.3 is 10.2 Å². The maximum absolute atomic E-state index is 12.5. The Morgan fingerprint density at radius 3 is 2.71 bits per heavy atom. The molecule has 0 atom stereocenters. The van der Waals surface area contributed by atoms with Crippen molar-refractivity contribution in [1.82, 2.24) is 9.88 Å². The molecule has 0 aliphatic rings. The predicted molar refractivity (Wildman–Crippen MR) is 98.1 cm³/mol. The Hall–Kier alpha value is -1.63. The van der Waals surface area contributed by atoms with Gasteiger partial charge in [-0.3, -0.25) is 9.59 Å². The number of aromatic nitrogens is 1. The molecule has 1 aromatic heterocycles. The Bertz CT molecular complexity index is 749. The number of carbonyl (C=O) groups is 2. The van der Waals surface area contributed by atoms with Crippen LogP contribution in [-0.2, 0) is 4.79 Å². The average molecular weight is 386 g/mol. The van der Waals surface area contributed by atoms with Crippen LogP contribution in [0.3, 0.4) is 0 Å². The standard InChI is InChI=1S/C16H17Cl2N3O2S/c1-3-6-21(16(23)14-9-24-10(2)19-14)8-15(22)20-13-7-11(17)4-5-12(13)18/h4-5,7,9H,3,6,8H2,1-2H3,(H,20,22). The summed E-state index contributed by atoms with van der Waals surface area (Å²) in [6.45, 7) is 4.16. The molecular formula is C16H17Cl2N3O2S. The van der Waals surface area contributed by atoms with Crippen molar-refractivity contribution in [2.75, 3.05) is 18.4 Å². The van der Waals surface area contributed by atoms with Crippen LogP contribution in [0, 0.1) is 6.92 Å². The van der Waals surface area contributed by atoms with E-state index < -0.39 is 0 Å². The van der Waals surface area contributed by atoms with Crippen LogP contribution >= 0.6 is 34.5 Å². The van der Waals surface area contributed by atoms with E-state index in [0.29, 0.717) is 28.0 Å². The Morgan fingerprint density at radius 1 is 1.33 bits per heavy atom. The number of nitrogens with zero attached hydrogens (tertiary/aromatic N) is 2. The zero-order chi connectivity index (χ0) is 17.7. The minimum atomic E-state index is -0.340. The van der Waals surface area contributed by atoms with Crippen LogP contribution in [0.25, 0.3) is 0 Å². The van der Waals surface area contributed by atoms with Crippen LogP contribution in [0.5, 0.6) is 0 Å². The number of aryl methyl sites for hydroxylation is 1. The summed E-state index contributed by atoms with van der Waals surface area (Å²) in [5.41, 5.74) is 0.780. The summed E-state index contributed by atoms with van der Waals surface area (Å²) in [7, 11) is 0. The van der Waals surface area contributed by atoms with Crippen molar-refractivity contribution >= 4 is 52.0 Å². The zero-order valence-electron chi connectivity index (χ0n) is 13.3. The molecule has 1 aromatic carbocycles. The molecule has 0 saturated carbocycles. The summed E-state index contributed by atoms with van der Waals surface area (Å²) < 4.78 is 0. The van der Waals surface area contributed by atoms with Crippen molar-refractivity contribution in [3.8, 4) is 0 Å². The lowest BCUT2D eigenvalue weighted by molar-refractivity contribution is -0.116. The normalized spacial score (nSPS) is 10.5. The first-order valence-electron chi connectivity index (χ1n) is 7.37. The lowest BCUT2D eigenvalue weighted by atomic mass is 10.3. The summed E-state index contributed by atoms with van der Waals surface area (Å²) in [4.78, 5) is 30.4. The van der Waals surface area contributed by atoms with Crippen LogP contribution in [0.2, 0.25) is 10.0 Å². The average Bonchev–Trinajstić information content (AvgIpc) is 2.96. The largest absolute Gasteiger partial charge is 0.328 e. The molecule has 0 aliphatic heterocycles. The number of hydrogen-bond acceptors (Lipinski definition) is 4. The molecule has 0 radical (unpaired) electrons. The summed E-state index contributed by atoms with van der Waals surface area (Å²) >= 11 is 13.3. The Labute approximate surface area is 154 Å². The van der Waals surface area contributed by atoms with E-state index in [2.05, 4.69) is 10.3 Å². The van der Waals surface area contributed by atoms with Gasteiger partial charge in [0.15, 0.2) is 0 Å². The molecule has 2 rings (SSSR count). The summed E-state index contributed by atoms with van der Waals surface area (Å²) in [6.07, 6.45) is 0.736. The molecule has 2 aromatic rings. The van der Waals surface area contributed by atoms with Crippen molar-refractivity contribution in [2.24, 2.45) is 0 Å². The fraction of sp³-hybridized carbons (Fsp3) is 0.312. The fourth-order valence-corrected chi connectivity index (χ4v) is 3.03. The minimum Gasteiger partial charge on any atom is -0.328 e. The molecule has 1 heterocycles. The van der Waals surface area contributed by atoms with Crippen LogP contribution in [0.4, 0.5) is 5.69 Å². The molecular weight excluding hydrogens is 369 g/mol. The van der Waals surface area contributed by atoms with Crippen molar-refractivity contribution in [1.29, 1.82) is 0 Å². The van der Waals surface area contributed by atoms with E-state index in [4.69, 9.17) is 23.2 Å². The van der Waals surface area contributed by atoms with Crippen LogP contribution in [-0.4, -0.2) is 34.8 Å². The van der Waals surface area contributed by atoms with Crippen molar-refractivity contribution in [3.05, 3.63) is 44.3 Å². The number of rotatable bonds is 6. The highest BCUT2D eigenvalue weighted by Gasteiger charge is 2.20. The van der Waals surface area contributed by atoms with Gasteiger partial charge in [0.2, 0.25) is 5.91 Å². The molecule has 0 aliphatic carbocycles. The number of anilines is 1. The van der Waals surface area contributed by atoms with Gasteiger partial charge in [0.05, 0.1) is 15.7 Å². The van der Waals surface area contributed by atoms with E-state index >= 15 is 0 Å². The van der Waals surface area contributed by atoms with Gasteiger partial charge in [-0.1, -0.05) is 30.1 Å². The lowest BCUT2D eigenvalue weighted by Gasteiger charge is -2.20. The Morgan fingerprint density at radius 2 is 2.08 bits per heavy atom. The van der Waals surface area contributed by atoms with Gasteiger partial charge in [-0.05, 0) is 31.5 Å². The third kappa shape index (κ3) is 4.93. The van der Waals surface area contributed by atoms with Crippen molar-refractivity contribution < 1.29 is 9.59 Å². The lowest BCUT2D eigenvalue weighted by Crippen LogP contribution is -2.38. The minimum absolute atomic E-state index is 0.0773. The van der Waals surface area contributed by atoms with E-state index in [-0.39, 0.29) is 18.4 Å². The first-order valence-corrected chi connectivity index (χ1v) is 9.00. The SMILES string of the molecule is CCCN(CC(=O)Nc1cc(Cl)ccc1Cl)C(=O)c1csc(C)n1. The van der Waals surface area contributed by atoms with Gasteiger partial charge in [-0.15, -0.1) is 11.3 Å². The number of thiazole rings is 1. The molecule has 1 N–H and O–H groups in total. The second-order valence-electron chi connectivity index (χ2n) is 5.15. The molecule has 0 spiro atoms. The molecule has 0 fully saturated rings. The smallest absolute Gasteiger partial charge is 0.273 e. The van der Waals surface area contributed by atoms with Gasteiger partial charge >= 0.3 is 0 Å². The number of nitrogens with one attached hydrogen (secondary N) is 1. The van der Waals surface area contributed by atoms with Crippen molar-refractivity contribution in [3.63, 3.8) is 0 Å². The van der Waals surface area contributed by atoms with E-state index in [1.54, 1.807) is 23.6 Å². The van der Waals surface area contributed by atoms with Crippen LogP contribution in [0.15, 0.2) is 23.6 Å². The van der Waals surface area contributed by atoms with Gasteiger partial charge in [0.1, 0.15) is 12.2 Å².